The molecule has 10 heteroatoms. The van der Waals surface area contributed by atoms with E-state index in [0.717, 1.165) is 4.47 Å². The molecule has 0 aromatic heterocycles. The Labute approximate surface area is 207 Å². The molecule has 0 atom stereocenters. The summed E-state index contributed by atoms with van der Waals surface area (Å²) in [5.74, 6) is -0.650. The van der Waals surface area contributed by atoms with Gasteiger partial charge in [0.25, 0.3) is 5.69 Å². The molecule has 9 nitrogen and oxygen atoms in total. The average Bonchev–Trinajstić information content (AvgIpc) is 3.21. The van der Waals surface area contributed by atoms with E-state index in [2.05, 4.69) is 20.9 Å². The second-order valence-corrected chi connectivity index (χ2v) is 8.09. The van der Waals surface area contributed by atoms with Crippen molar-refractivity contribution < 1.29 is 28.7 Å². The second-order valence-electron chi connectivity index (χ2n) is 7.18. The number of hydrogen-bond donors (Lipinski definition) is 0. The van der Waals surface area contributed by atoms with E-state index in [1.54, 1.807) is 37.3 Å². The number of non-ortho nitro benzene ring substituents is 1. The summed E-state index contributed by atoms with van der Waals surface area (Å²) in [5.41, 5.74) is 1.36. The molecular formula is C25H17BrN2O7. The lowest BCUT2D eigenvalue weighted by atomic mass is 10.1. The monoisotopic (exact) mass is 536 g/mol. The van der Waals surface area contributed by atoms with Crippen LogP contribution in [0.5, 0.6) is 11.5 Å². The fraction of sp³-hybridized carbons (Fsp3) is 0.0800. The van der Waals surface area contributed by atoms with Crippen molar-refractivity contribution in [2.24, 2.45) is 4.99 Å². The first kappa shape index (κ1) is 23.8. The SMILES string of the molecule is CCOc1cc(/C=C2/N=C(c3ccc(Br)cc3)OC2=O)ccc1OC(=O)c1ccc([N+](=O)[O-])cc1. The van der Waals surface area contributed by atoms with Crippen molar-refractivity contribution in [3.63, 3.8) is 0 Å². The van der Waals surface area contributed by atoms with E-state index < -0.39 is 16.9 Å². The Hall–Kier alpha value is -4.31. The molecule has 0 spiro atoms. The van der Waals surface area contributed by atoms with Gasteiger partial charge in [0.2, 0.25) is 5.90 Å². The van der Waals surface area contributed by atoms with Gasteiger partial charge in [-0.2, -0.15) is 0 Å². The van der Waals surface area contributed by atoms with E-state index in [4.69, 9.17) is 14.2 Å². The van der Waals surface area contributed by atoms with E-state index in [-0.39, 0.29) is 34.3 Å². The highest BCUT2D eigenvalue weighted by Crippen LogP contribution is 2.31. The maximum atomic E-state index is 12.5. The average molecular weight is 537 g/mol. The van der Waals surface area contributed by atoms with Gasteiger partial charge in [-0.25, -0.2) is 14.6 Å². The third-order valence-corrected chi connectivity index (χ3v) is 5.33. The first-order chi connectivity index (χ1) is 16.8. The van der Waals surface area contributed by atoms with Gasteiger partial charge in [0.05, 0.1) is 17.1 Å². The highest BCUT2D eigenvalue weighted by atomic mass is 79.9. The van der Waals surface area contributed by atoms with Crippen LogP contribution >= 0.6 is 15.9 Å². The molecule has 0 unspecified atom stereocenters. The number of hydrogen-bond acceptors (Lipinski definition) is 8. The van der Waals surface area contributed by atoms with Gasteiger partial charge in [0.15, 0.2) is 17.2 Å². The van der Waals surface area contributed by atoms with Crippen LogP contribution in [0.3, 0.4) is 0 Å². The van der Waals surface area contributed by atoms with Crippen LogP contribution in [0, 0.1) is 10.1 Å². The van der Waals surface area contributed by atoms with Gasteiger partial charge < -0.3 is 14.2 Å². The largest absolute Gasteiger partial charge is 0.490 e. The Kier molecular flexibility index (Phi) is 7.02. The molecule has 0 fully saturated rings. The highest BCUT2D eigenvalue weighted by Gasteiger charge is 2.24. The van der Waals surface area contributed by atoms with Crippen LogP contribution in [0.4, 0.5) is 5.69 Å². The highest BCUT2D eigenvalue weighted by molar-refractivity contribution is 9.10. The Balaban J connectivity index is 1.56. The van der Waals surface area contributed by atoms with Crippen molar-refractivity contribution >= 4 is 45.5 Å². The van der Waals surface area contributed by atoms with Crippen LogP contribution in [0.1, 0.15) is 28.4 Å². The van der Waals surface area contributed by atoms with Crippen molar-refractivity contribution in [1.82, 2.24) is 0 Å². The molecule has 176 valence electrons. The van der Waals surface area contributed by atoms with Crippen LogP contribution in [0.15, 0.2) is 81.9 Å². The Morgan fingerprint density at radius 3 is 2.46 bits per heavy atom. The normalized spacial score (nSPS) is 13.8. The van der Waals surface area contributed by atoms with Crippen molar-refractivity contribution in [3.8, 4) is 11.5 Å². The number of esters is 2. The summed E-state index contributed by atoms with van der Waals surface area (Å²) in [4.78, 5) is 39.4. The molecule has 0 amide bonds. The summed E-state index contributed by atoms with van der Waals surface area (Å²) in [7, 11) is 0. The van der Waals surface area contributed by atoms with E-state index in [0.29, 0.717) is 17.7 Å². The standard InChI is InChI=1S/C25H17BrN2O7/c1-2-33-22-14-15(13-20-25(30)35-23(27-20)16-4-8-18(26)9-5-16)3-12-21(22)34-24(29)17-6-10-19(11-7-17)28(31)32/h3-14H,2H2,1H3/b20-13+. The van der Waals surface area contributed by atoms with E-state index in [9.17, 15) is 19.7 Å². The van der Waals surface area contributed by atoms with Crippen molar-refractivity contribution in [2.75, 3.05) is 6.61 Å². The summed E-state index contributed by atoms with van der Waals surface area (Å²) < 4.78 is 17.2. The molecule has 1 aliphatic rings. The van der Waals surface area contributed by atoms with Gasteiger partial charge in [-0.3, -0.25) is 10.1 Å². The number of rotatable bonds is 7. The summed E-state index contributed by atoms with van der Waals surface area (Å²) in [6.45, 7) is 2.08. The molecule has 3 aromatic carbocycles. The zero-order valence-corrected chi connectivity index (χ0v) is 19.9. The van der Waals surface area contributed by atoms with Crippen molar-refractivity contribution in [2.45, 2.75) is 6.92 Å². The number of nitro groups is 1. The minimum absolute atomic E-state index is 0.112. The zero-order valence-electron chi connectivity index (χ0n) is 18.3. The third kappa shape index (κ3) is 5.61. The van der Waals surface area contributed by atoms with Crippen molar-refractivity contribution in [1.29, 1.82) is 0 Å². The Morgan fingerprint density at radius 2 is 1.80 bits per heavy atom. The lowest BCUT2D eigenvalue weighted by Crippen LogP contribution is -2.10. The van der Waals surface area contributed by atoms with E-state index in [1.165, 1.54) is 30.3 Å². The van der Waals surface area contributed by atoms with Crippen LogP contribution in [-0.2, 0) is 9.53 Å². The molecule has 0 N–H and O–H groups in total. The third-order valence-electron chi connectivity index (χ3n) is 4.80. The number of nitro benzene ring substituents is 1. The van der Waals surface area contributed by atoms with Gasteiger partial charge in [-0.1, -0.05) is 22.0 Å². The predicted molar refractivity (Wildman–Crippen MR) is 130 cm³/mol. The summed E-state index contributed by atoms with van der Waals surface area (Å²) >= 11 is 3.36. The Bertz CT molecular complexity index is 1360. The molecule has 0 saturated carbocycles. The molecule has 4 rings (SSSR count). The number of benzene rings is 3. The van der Waals surface area contributed by atoms with Crippen LogP contribution < -0.4 is 9.47 Å². The minimum Gasteiger partial charge on any atom is -0.490 e. The quantitative estimate of drug-likeness (QED) is 0.132. The van der Waals surface area contributed by atoms with Gasteiger partial charge in [0, 0.05) is 22.2 Å². The van der Waals surface area contributed by atoms with E-state index in [1.807, 2.05) is 12.1 Å². The maximum Gasteiger partial charge on any atom is 0.363 e. The first-order valence-electron chi connectivity index (χ1n) is 10.4. The van der Waals surface area contributed by atoms with Gasteiger partial charge in [-0.15, -0.1) is 0 Å². The molecular weight excluding hydrogens is 520 g/mol. The molecule has 0 saturated heterocycles. The number of cyclic esters (lactones) is 1. The lowest BCUT2D eigenvalue weighted by molar-refractivity contribution is -0.384. The smallest absolute Gasteiger partial charge is 0.363 e. The van der Waals surface area contributed by atoms with Crippen LogP contribution in [0.2, 0.25) is 0 Å². The lowest BCUT2D eigenvalue weighted by Gasteiger charge is -2.11. The number of aliphatic imine (C=N–C) groups is 1. The predicted octanol–water partition coefficient (Wildman–Crippen LogP) is 5.32. The van der Waals surface area contributed by atoms with Gasteiger partial charge >= 0.3 is 11.9 Å². The molecule has 1 aliphatic heterocycles. The number of carbonyl (C=O) groups excluding carboxylic acids is 2. The fourth-order valence-corrected chi connectivity index (χ4v) is 3.39. The first-order valence-corrected chi connectivity index (χ1v) is 11.2. The molecule has 0 aliphatic carbocycles. The Morgan fingerprint density at radius 1 is 1.09 bits per heavy atom. The number of halogens is 1. The maximum absolute atomic E-state index is 12.5. The molecule has 0 bridgehead atoms. The van der Waals surface area contributed by atoms with Crippen molar-refractivity contribution in [3.05, 3.63) is 104 Å². The number of ether oxygens (including phenoxy) is 3. The summed E-state index contributed by atoms with van der Waals surface area (Å²) in [6, 6.07) is 17.0. The van der Waals surface area contributed by atoms with Gasteiger partial charge in [0.1, 0.15) is 0 Å². The van der Waals surface area contributed by atoms with Gasteiger partial charge in [-0.05, 0) is 67.1 Å². The molecule has 0 radical (unpaired) electrons. The minimum atomic E-state index is -0.699. The van der Waals surface area contributed by atoms with Crippen LogP contribution in [-0.4, -0.2) is 29.4 Å². The number of carbonyl (C=O) groups is 2. The van der Waals surface area contributed by atoms with Crippen LogP contribution in [0.25, 0.3) is 6.08 Å². The summed E-state index contributed by atoms with van der Waals surface area (Å²) in [5, 5.41) is 10.8. The second kappa shape index (κ2) is 10.3. The molecule has 3 aromatic rings. The fourth-order valence-electron chi connectivity index (χ4n) is 3.13. The number of nitrogens with zero attached hydrogens (tertiary/aromatic N) is 2. The zero-order chi connectivity index (χ0) is 24.9. The molecule has 1 heterocycles. The molecule has 35 heavy (non-hydrogen) atoms. The topological polar surface area (TPSA) is 117 Å². The van der Waals surface area contributed by atoms with E-state index >= 15 is 0 Å². The summed E-state index contributed by atoms with van der Waals surface area (Å²) in [6.07, 6.45) is 1.54.